The number of carbonyl (C=O) groups is 1. The zero-order valence-corrected chi connectivity index (χ0v) is 25.6. The molecule has 38 heavy (non-hydrogen) atoms. The van der Waals surface area contributed by atoms with E-state index in [1.165, 1.54) is 83.5 Å². The maximum Gasteiger partial charge on any atom is 0.306 e. The molecule has 0 saturated carbocycles. The van der Waals surface area contributed by atoms with E-state index in [1.807, 2.05) is 13.3 Å². The van der Waals surface area contributed by atoms with Crippen LogP contribution in [-0.4, -0.2) is 74.0 Å². The first-order chi connectivity index (χ1) is 18.4. The third-order valence-electron chi connectivity index (χ3n) is 8.25. The molecule has 0 bridgehead atoms. The molecule has 224 valence electrons. The molecular weight excluding hydrogens is 476 g/mol. The number of carboxylic acids is 1. The third-order valence-corrected chi connectivity index (χ3v) is 8.25. The minimum atomic E-state index is -0.672. The van der Waals surface area contributed by atoms with E-state index >= 15 is 0 Å². The summed E-state index contributed by atoms with van der Waals surface area (Å²) in [5, 5.41) is 9.69. The van der Waals surface area contributed by atoms with Crippen molar-refractivity contribution in [2.24, 2.45) is 10.9 Å². The summed E-state index contributed by atoms with van der Waals surface area (Å²) in [6, 6.07) is 0. The van der Waals surface area contributed by atoms with Crippen molar-refractivity contribution in [1.82, 2.24) is 0 Å². The molecule has 0 fully saturated rings. The fraction of sp³-hybridized carbons (Fsp3) is 0.938. The van der Waals surface area contributed by atoms with E-state index in [2.05, 4.69) is 25.9 Å². The Hall–Kier alpha value is -0.980. The van der Waals surface area contributed by atoms with Gasteiger partial charge in [0, 0.05) is 13.2 Å². The Labute approximate surface area is 235 Å². The molecule has 4 unspecified atom stereocenters. The normalized spacial score (nSPS) is 19.6. The molecule has 0 aliphatic carbocycles. The summed E-state index contributed by atoms with van der Waals surface area (Å²) in [4.78, 5) is 16.1. The molecular formula is C32H63N2O4+. The van der Waals surface area contributed by atoms with Gasteiger partial charge >= 0.3 is 5.97 Å². The Kier molecular flexibility index (Phi) is 21.0. The number of ether oxygens (including phenoxy) is 2. The molecule has 1 aliphatic heterocycles. The van der Waals surface area contributed by atoms with Crippen molar-refractivity contribution in [2.45, 2.75) is 149 Å². The summed E-state index contributed by atoms with van der Waals surface area (Å²) in [6.45, 7) is 10.6. The summed E-state index contributed by atoms with van der Waals surface area (Å²) in [5.41, 5.74) is 0. The zero-order valence-electron chi connectivity index (χ0n) is 25.6. The second kappa shape index (κ2) is 22.8. The van der Waals surface area contributed by atoms with Crippen molar-refractivity contribution < 1.29 is 23.9 Å². The number of quaternary nitrogens is 1. The standard InChI is InChI=1S/C32H62N2O4/c1-5-7-8-9-10-11-12-13-14-15-16-17-18-23-31(29(3)37-6-2)38-27-20-22-30(32(35)36)21-19-25-34(4)26-24-33-28-34/h28-31H,5-27H2,1-4H3/p+1. The van der Waals surface area contributed by atoms with Gasteiger partial charge in [0.2, 0.25) is 0 Å². The molecule has 6 nitrogen and oxygen atoms in total. The van der Waals surface area contributed by atoms with Crippen LogP contribution in [0.25, 0.3) is 0 Å². The van der Waals surface area contributed by atoms with Crippen LogP contribution in [-0.2, 0) is 14.3 Å². The van der Waals surface area contributed by atoms with E-state index < -0.39 is 5.97 Å². The lowest BCUT2D eigenvalue weighted by atomic mass is 9.97. The van der Waals surface area contributed by atoms with E-state index in [0.29, 0.717) is 19.6 Å². The average Bonchev–Trinajstić information content (AvgIpc) is 3.33. The SMILES string of the molecule is CCCCCCCCCCCCCCCC(OCCCC(CCC[N+]1(C)C=NCC1)C(=O)O)C(C)OCC. The molecule has 0 saturated heterocycles. The van der Waals surface area contributed by atoms with E-state index in [1.54, 1.807) is 0 Å². The largest absolute Gasteiger partial charge is 0.481 e. The number of carboxylic acid groups (broad SMARTS) is 1. The Bertz CT molecular complexity index is 600. The number of likely N-dealkylation sites (N-methyl/N-ethyl adjacent to an activating group) is 1. The highest BCUT2D eigenvalue weighted by atomic mass is 16.5. The van der Waals surface area contributed by atoms with Crippen LogP contribution in [0, 0.1) is 5.92 Å². The van der Waals surface area contributed by atoms with Gasteiger partial charge in [-0.25, -0.2) is 4.99 Å². The summed E-state index contributed by atoms with van der Waals surface area (Å²) in [5.74, 6) is -0.956. The number of hydrogen-bond acceptors (Lipinski definition) is 4. The van der Waals surface area contributed by atoms with Gasteiger partial charge in [0.05, 0.1) is 38.3 Å². The Balaban J connectivity index is 2.17. The first-order valence-corrected chi connectivity index (χ1v) is 16.2. The fourth-order valence-corrected chi connectivity index (χ4v) is 5.61. The van der Waals surface area contributed by atoms with Gasteiger partial charge < -0.3 is 14.6 Å². The van der Waals surface area contributed by atoms with Crippen LogP contribution in [0.4, 0.5) is 0 Å². The smallest absolute Gasteiger partial charge is 0.306 e. The first-order valence-electron chi connectivity index (χ1n) is 16.2. The lowest BCUT2D eigenvalue weighted by Crippen LogP contribution is -2.41. The zero-order chi connectivity index (χ0) is 27.9. The number of nitrogens with zero attached hydrogens (tertiary/aromatic N) is 2. The third kappa shape index (κ3) is 17.6. The van der Waals surface area contributed by atoms with Gasteiger partial charge in [0.15, 0.2) is 6.34 Å². The number of unbranched alkanes of at least 4 members (excludes halogenated alkanes) is 12. The Morgan fingerprint density at radius 2 is 1.42 bits per heavy atom. The summed E-state index contributed by atoms with van der Waals surface area (Å²) in [7, 11) is 2.18. The first kappa shape index (κ1) is 35.0. The number of aliphatic imine (C=N–C) groups is 1. The molecule has 0 amide bonds. The van der Waals surface area contributed by atoms with Gasteiger partial charge in [-0.3, -0.25) is 9.28 Å². The Morgan fingerprint density at radius 1 is 0.842 bits per heavy atom. The highest BCUT2D eigenvalue weighted by Crippen LogP contribution is 2.19. The van der Waals surface area contributed by atoms with Crippen molar-refractivity contribution in [3.05, 3.63) is 0 Å². The average molecular weight is 540 g/mol. The molecule has 4 atom stereocenters. The van der Waals surface area contributed by atoms with Crippen LogP contribution in [0.2, 0.25) is 0 Å². The minimum absolute atomic E-state index is 0.0826. The van der Waals surface area contributed by atoms with E-state index in [9.17, 15) is 9.90 Å². The van der Waals surface area contributed by atoms with Gasteiger partial charge in [-0.1, -0.05) is 90.4 Å². The number of rotatable bonds is 27. The molecule has 0 aromatic heterocycles. The molecule has 0 radical (unpaired) electrons. The molecule has 0 aromatic rings. The van der Waals surface area contributed by atoms with Crippen LogP contribution >= 0.6 is 0 Å². The second-order valence-corrected chi connectivity index (χ2v) is 11.9. The molecule has 0 aromatic carbocycles. The van der Waals surface area contributed by atoms with Crippen LogP contribution < -0.4 is 0 Å². The van der Waals surface area contributed by atoms with Gasteiger partial charge in [-0.05, 0) is 46.0 Å². The second-order valence-electron chi connectivity index (χ2n) is 11.9. The van der Waals surface area contributed by atoms with Gasteiger partial charge in [0.25, 0.3) is 0 Å². The monoisotopic (exact) mass is 539 g/mol. The Morgan fingerprint density at radius 3 is 1.95 bits per heavy atom. The van der Waals surface area contributed by atoms with Crippen molar-refractivity contribution in [3.63, 3.8) is 0 Å². The number of hydrogen-bond donors (Lipinski definition) is 1. The highest BCUT2D eigenvalue weighted by Gasteiger charge is 2.25. The van der Waals surface area contributed by atoms with Crippen molar-refractivity contribution in [3.8, 4) is 0 Å². The minimum Gasteiger partial charge on any atom is -0.481 e. The van der Waals surface area contributed by atoms with Gasteiger partial charge in [0.1, 0.15) is 6.54 Å². The lowest BCUT2D eigenvalue weighted by molar-refractivity contribution is -0.807. The highest BCUT2D eigenvalue weighted by molar-refractivity contribution is 5.69. The molecule has 0 spiro atoms. The van der Waals surface area contributed by atoms with E-state index in [0.717, 1.165) is 49.8 Å². The quantitative estimate of drug-likeness (QED) is 0.0847. The topological polar surface area (TPSA) is 68.1 Å². The van der Waals surface area contributed by atoms with Crippen molar-refractivity contribution in [2.75, 3.05) is 39.9 Å². The summed E-state index contributed by atoms with van der Waals surface area (Å²) >= 11 is 0. The van der Waals surface area contributed by atoms with Gasteiger partial charge in [-0.15, -0.1) is 0 Å². The van der Waals surface area contributed by atoms with Gasteiger partial charge in [-0.2, -0.15) is 0 Å². The maximum absolute atomic E-state index is 11.8. The lowest BCUT2D eigenvalue weighted by Gasteiger charge is -2.26. The van der Waals surface area contributed by atoms with Crippen LogP contribution in [0.1, 0.15) is 136 Å². The van der Waals surface area contributed by atoms with Crippen molar-refractivity contribution >= 4 is 12.3 Å². The maximum atomic E-state index is 11.8. The summed E-state index contributed by atoms with van der Waals surface area (Å²) in [6.07, 6.45) is 24.0. The van der Waals surface area contributed by atoms with Crippen LogP contribution in [0.3, 0.4) is 0 Å². The molecule has 1 rings (SSSR count). The summed E-state index contributed by atoms with van der Waals surface area (Å²) < 4.78 is 13.0. The van der Waals surface area contributed by atoms with Crippen molar-refractivity contribution in [1.29, 1.82) is 0 Å². The fourth-order valence-electron chi connectivity index (χ4n) is 5.61. The predicted octanol–water partition coefficient (Wildman–Crippen LogP) is 8.03. The van der Waals surface area contributed by atoms with Crippen LogP contribution in [0.15, 0.2) is 4.99 Å². The molecule has 1 heterocycles. The van der Waals surface area contributed by atoms with E-state index in [4.69, 9.17) is 9.47 Å². The van der Waals surface area contributed by atoms with E-state index in [-0.39, 0.29) is 18.1 Å². The molecule has 6 heteroatoms. The van der Waals surface area contributed by atoms with Crippen LogP contribution in [0.5, 0.6) is 0 Å². The molecule has 1 N–H and O–H groups in total. The molecule has 1 aliphatic rings. The number of aliphatic carboxylic acids is 1. The predicted molar refractivity (Wildman–Crippen MR) is 160 cm³/mol.